The van der Waals surface area contributed by atoms with Gasteiger partial charge in [0, 0.05) is 13.1 Å². The van der Waals surface area contributed by atoms with Gasteiger partial charge in [-0.05, 0) is 25.7 Å². The Bertz CT molecular complexity index is 409. The van der Waals surface area contributed by atoms with E-state index in [0.29, 0.717) is 24.5 Å². The topological polar surface area (TPSA) is 72.0 Å². The zero-order valence-corrected chi connectivity index (χ0v) is 12.5. The summed E-state index contributed by atoms with van der Waals surface area (Å²) in [4.78, 5) is 12.9. The SMILES string of the molecule is CCCOc1nc(NCC)nc(NCCC2CCC2)n1. The van der Waals surface area contributed by atoms with Crippen molar-refractivity contribution in [2.75, 3.05) is 30.3 Å². The molecule has 112 valence electrons. The largest absolute Gasteiger partial charge is 0.463 e. The molecular formula is C14H25N5O. The quantitative estimate of drug-likeness (QED) is 0.724. The molecule has 0 saturated heterocycles. The van der Waals surface area contributed by atoms with Crippen LogP contribution < -0.4 is 15.4 Å². The first-order chi connectivity index (χ1) is 9.81. The minimum Gasteiger partial charge on any atom is -0.463 e. The molecule has 1 heterocycles. The molecule has 1 aromatic rings. The second kappa shape index (κ2) is 7.87. The number of ether oxygens (including phenoxy) is 1. The van der Waals surface area contributed by atoms with Crippen molar-refractivity contribution in [3.05, 3.63) is 0 Å². The van der Waals surface area contributed by atoms with Gasteiger partial charge in [-0.1, -0.05) is 26.2 Å². The van der Waals surface area contributed by atoms with Crippen molar-refractivity contribution >= 4 is 11.9 Å². The molecule has 6 nitrogen and oxygen atoms in total. The number of hydrogen-bond acceptors (Lipinski definition) is 6. The summed E-state index contributed by atoms with van der Waals surface area (Å²) >= 11 is 0. The molecule has 0 amide bonds. The second-order valence-electron chi connectivity index (χ2n) is 5.16. The predicted octanol–water partition coefficient (Wildman–Crippen LogP) is 2.69. The maximum atomic E-state index is 5.50. The first kappa shape index (κ1) is 14.8. The number of nitrogens with zero attached hydrogens (tertiary/aromatic N) is 3. The summed E-state index contributed by atoms with van der Waals surface area (Å²) in [5.41, 5.74) is 0. The summed E-state index contributed by atoms with van der Waals surface area (Å²) in [6.07, 6.45) is 6.24. The third-order valence-electron chi connectivity index (χ3n) is 3.45. The highest BCUT2D eigenvalue weighted by molar-refractivity contribution is 5.35. The van der Waals surface area contributed by atoms with Crippen LogP contribution in [0, 0.1) is 5.92 Å². The maximum absolute atomic E-state index is 5.50. The molecule has 0 spiro atoms. The predicted molar refractivity (Wildman–Crippen MR) is 80.2 cm³/mol. The summed E-state index contributed by atoms with van der Waals surface area (Å²) in [7, 11) is 0. The Morgan fingerprint density at radius 2 is 1.85 bits per heavy atom. The Kier molecular flexibility index (Phi) is 5.83. The van der Waals surface area contributed by atoms with Crippen molar-refractivity contribution in [2.24, 2.45) is 5.92 Å². The number of aromatic nitrogens is 3. The number of nitrogens with one attached hydrogen (secondary N) is 2. The fourth-order valence-corrected chi connectivity index (χ4v) is 2.10. The van der Waals surface area contributed by atoms with Crippen LogP contribution in [0.25, 0.3) is 0 Å². The lowest BCUT2D eigenvalue weighted by molar-refractivity contribution is 0.291. The Hall–Kier alpha value is -1.59. The van der Waals surface area contributed by atoms with Crippen LogP contribution in [0.1, 0.15) is 46.0 Å². The molecule has 1 aliphatic rings. The standard InChI is InChI=1S/C14H25N5O/c1-3-10-20-14-18-12(15-4-2)17-13(19-14)16-9-8-11-6-5-7-11/h11H,3-10H2,1-2H3,(H2,15,16,17,18,19). The molecule has 1 fully saturated rings. The van der Waals surface area contributed by atoms with Crippen molar-refractivity contribution in [1.82, 2.24) is 15.0 Å². The first-order valence-electron chi connectivity index (χ1n) is 7.68. The molecule has 1 saturated carbocycles. The average Bonchev–Trinajstić information content (AvgIpc) is 2.39. The molecule has 0 radical (unpaired) electrons. The van der Waals surface area contributed by atoms with Gasteiger partial charge in [0.15, 0.2) is 0 Å². The zero-order chi connectivity index (χ0) is 14.2. The van der Waals surface area contributed by atoms with Gasteiger partial charge in [0.25, 0.3) is 0 Å². The van der Waals surface area contributed by atoms with Crippen LogP contribution in [0.3, 0.4) is 0 Å². The van der Waals surface area contributed by atoms with Crippen LogP contribution in [0.4, 0.5) is 11.9 Å². The van der Waals surface area contributed by atoms with Crippen LogP contribution in [0.2, 0.25) is 0 Å². The van der Waals surface area contributed by atoms with E-state index in [1.165, 1.54) is 25.7 Å². The molecule has 0 atom stereocenters. The third-order valence-corrected chi connectivity index (χ3v) is 3.45. The van der Waals surface area contributed by atoms with E-state index >= 15 is 0 Å². The zero-order valence-electron chi connectivity index (χ0n) is 12.5. The fourth-order valence-electron chi connectivity index (χ4n) is 2.10. The summed E-state index contributed by atoms with van der Waals surface area (Å²) < 4.78 is 5.50. The summed E-state index contributed by atoms with van der Waals surface area (Å²) in [5, 5.41) is 6.38. The first-order valence-corrected chi connectivity index (χ1v) is 7.68. The highest BCUT2D eigenvalue weighted by Crippen LogP contribution is 2.29. The van der Waals surface area contributed by atoms with Gasteiger partial charge in [-0.25, -0.2) is 0 Å². The van der Waals surface area contributed by atoms with Crippen LogP contribution in [0.15, 0.2) is 0 Å². The average molecular weight is 279 g/mol. The molecule has 0 bridgehead atoms. The lowest BCUT2D eigenvalue weighted by Crippen LogP contribution is -2.17. The Morgan fingerprint density at radius 1 is 1.10 bits per heavy atom. The van der Waals surface area contributed by atoms with E-state index in [9.17, 15) is 0 Å². The summed E-state index contributed by atoms with van der Waals surface area (Å²) in [6, 6.07) is 0.393. The van der Waals surface area contributed by atoms with Crippen LogP contribution >= 0.6 is 0 Å². The van der Waals surface area contributed by atoms with Crippen LogP contribution in [-0.2, 0) is 0 Å². The van der Waals surface area contributed by atoms with Gasteiger partial charge in [-0.2, -0.15) is 15.0 Å². The molecule has 0 aliphatic heterocycles. The smallest absolute Gasteiger partial charge is 0.323 e. The number of anilines is 2. The molecule has 1 aliphatic carbocycles. The van der Waals surface area contributed by atoms with Crippen LogP contribution in [-0.4, -0.2) is 34.6 Å². The summed E-state index contributed by atoms with van der Waals surface area (Å²) in [6.45, 7) is 6.38. The Morgan fingerprint density at radius 3 is 2.45 bits per heavy atom. The molecule has 2 rings (SSSR count). The van der Waals surface area contributed by atoms with Crippen molar-refractivity contribution in [2.45, 2.75) is 46.0 Å². The Labute approximate surface area is 120 Å². The van der Waals surface area contributed by atoms with Crippen LogP contribution in [0.5, 0.6) is 6.01 Å². The van der Waals surface area contributed by atoms with E-state index in [1.807, 2.05) is 6.92 Å². The van der Waals surface area contributed by atoms with Gasteiger partial charge in [0.05, 0.1) is 6.61 Å². The molecule has 1 aromatic heterocycles. The summed E-state index contributed by atoms with van der Waals surface area (Å²) in [5.74, 6) is 2.05. The van der Waals surface area contributed by atoms with Gasteiger partial charge < -0.3 is 15.4 Å². The third kappa shape index (κ3) is 4.51. The molecule has 0 unspecified atom stereocenters. The van der Waals surface area contributed by atoms with Crippen molar-refractivity contribution in [1.29, 1.82) is 0 Å². The van der Waals surface area contributed by atoms with E-state index < -0.39 is 0 Å². The lowest BCUT2D eigenvalue weighted by atomic mass is 9.83. The highest BCUT2D eigenvalue weighted by Gasteiger charge is 2.16. The number of hydrogen-bond donors (Lipinski definition) is 2. The van der Waals surface area contributed by atoms with Crippen molar-refractivity contribution in [3.8, 4) is 6.01 Å². The highest BCUT2D eigenvalue weighted by atomic mass is 16.5. The number of rotatable bonds is 9. The lowest BCUT2D eigenvalue weighted by Gasteiger charge is -2.25. The fraction of sp³-hybridized carbons (Fsp3) is 0.786. The van der Waals surface area contributed by atoms with Gasteiger partial charge in [0.2, 0.25) is 11.9 Å². The minimum atomic E-state index is 0.393. The monoisotopic (exact) mass is 279 g/mol. The molecule has 2 N–H and O–H groups in total. The van der Waals surface area contributed by atoms with E-state index in [0.717, 1.165) is 25.4 Å². The van der Waals surface area contributed by atoms with E-state index in [4.69, 9.17) is 4.74 Å². The van der Waals surface area contributed by atoms with E-state index in [2.05, 4.69) is 32.5 Å². The van der Waals surface area contributed by atoms with Crippen molar-refractivity contribution in [3.63, 3.8) is 0 Å². The van der Waals surface area contributed by atoms with Gasteiger partial charge >= 0.3 is 6.01 Å². The van der Waals surface area contributed by atoms with Gasteiger partial charge in [-0.15, -0.1) is 0 Å². The van der Waals surface area contributed by atoms with Crippen molar-refractivity contribution < 1.29 is 4.74 Å². The second-order valence-corrected chi connectivity index (χ2v) is 5.16. The molecule has 6 heteroatoms. The normalized spacial score (nSPS) is 14.7. The minimum absolute atomic E-state index is 0.393. The van der Waals surface area contributed by atoms with Gasteiger partial charge in [-0.3, -0.25) is 0 Å². The molecule has 0 aromatic carbocycles. The maximum Gasteiger partial charge on any atom is 0.323 e. The van der Waals surface area contributed by atoms with E-state index in [-0.39, 0.29) is 0 Å². The molecule has 20 heavy (non-hydrogen) atoms. The van der Waals surface area contributed by atoms with E-state index in [1.54, 1.807) is 0 Å². The Balaban J connectivity index is 1.91. The molecular weight excluding hydrogens is 254 g/mol. The van der Waals surface area contributed by atoms with Gasteiger partial charge in [0.1, 0.15) is 0 Å².